The van der Waals surface area contributed by atoms with E-state index in [9.17, 15) is 9.59 Å². The van der Waals surface area contributed by atoms with Gasteiger partial charge in [0.2, 0.25) is 5.91 Å². The molecule has 1 aromatic rings. The van der Waals surface area contributed by atoms with Gasteiger partial charge in [-0.25, -0.2) is 4.79 Å². The molecule has 0 aliphatic heterocycles. The van der Waals surface area contributed by atoms with Crippen molar-refractivity contribution in [2.75, 3.05) is 18.1 Å². The molecule has 0 bridgehead atoms. The van der Waals surface area contributed by atoms with E-state index in [1.165, 1.54) is 6.92 Å². The smallest absolute Gasteiger partial charge is 0.326 e. The molecule has 116 valence electrons. The molecule has 1 unspecified atom stereocenters. The first-order valence-electron chi connectivity index (χ1n) is 6.45. The summed E-state index contributed by atoms with van der Waals surface area (Å²) in [6.45, 7) is 1.82. The van der Waals surface area contributed by atoms with Gasteiger partial charge in [-0.15, -0.1) is 0 Å². The quantitative estimate of drug-likeness (QED) is 0.680. The van der Waals surface area contributed by atoms with Crippen LogP contribution in [0, 0.1) is 0 Å². The Hall–Kier alpha value is -1.40. The first-order valence-corrected chi connectivity index (χ1v) is 7.98. The average Bonchev–Trinajstić information content (AvgIpc) is 2.40. The first kappa shape index (κ1) is 17.7. The number of carbonyl (C=O) groups is 2. The van der Waals surface area contributed by atoms with Gasteiger partial charge >= 0.3 is 5.97 Å². The predicted molar refractivity (Wildman–Crippen MR) is 84.1 cm³/mol. The number of carbonyl (C=O) groups excluding carboxylic acids is 1. The third-order valence-corrected chi connectivity index (χ3v) is 3.73. The molecule has 0 saturated carbocycles. The minimum absolute atomic E-state index is 0.336. The maximum atomic E-state index is 10.9. The maximum Gasteiger partial charge on any atom is 0.326 e. The molecular weight excluding hydrogens is 314 g/mol. The summed E-state index contributed by atoms with van der Waals surface area (Å²) in [5, 5.41) is 12.0. The molecule has 2 N–H and O–H groups in total. The number of nitrogens with one attached hydrogen (secondary N) is 1. The largest absolute Gasteiger partial charge is 0.493 e. The van der Waals surface area contributed by atoms with Crippen molar-refractivity contribution in [3.05, 3.63) is 29.3 Å². The Morgan fingerprint density at radius 2 is 2.19 bits per heavy atom. The Bertz CT molecular complexity index is 484. The summed E-state index contributed by atoms with van der Waals surface area (Å²) in [6, 6.07) is 6.33. The summed E-state index contributed by atoms with van der Waals surface area (Å²) in [7, 11) is 0. The maximum absolute atomic E-state index is 10.9. The zero-order chi connectivity index (χ0) is 15.7. The molecule has 0 radical (unpaired) electrons. The number of thioether (sulfide) groups is 1. The molecule has 0 aromatic heterocycles. The van der Waals surface area contributed by atoms with Crippen molar-refractivity contribution in [3.8, 4) is 5.75 Å². The number of aliphatic carboxylic acids is 1. The standard InChI is InChI=1S/C14H18ClNO4S/c1-10(17)16-13(14(18)19)5-7-21-8-6-20-12-4-2-3-11(15)9-12/h2-4,9,13H,5-8H2,1H3,(H,16,17)(H,18,19). The minimum Gasteiger partial charge on any atom is -0.493 e. The summed E-state index contributed by atoms with van der Waals surface area (Å²) in [5.74, 6) is 0.733. The lowest BCUT2D eigenvalue weighted by atomic mass is 10.2. The highest BCUT2D eigenvalue weighted by molar-refractivity contribution is 7.99. The fraction of sp³-hybridized carbons (Fsp3) is 0.429. The third-order valence-electron chi connectivity index (χ3n) is 2.52. The van der Waals surface area contributed by atoms with Gasteiger partial charge in [-0.05, 0) is 30.4 Å². The van der Waals surface area contributed by atoms with Gasteiger partial charge < -0.3 is 15.2 Å². The van der Waals surface area contributed by atoms with Crippen LogP contribution in [0.1, 0.15) is 13.3 Å². The molecule has 0 aliphatic rings. The SMILES string of the molecule is CC(=O)NC(CCSCCOc1cccc(Cl)c1)C(=O)O. The van der Waals surface area contributed by atoms with Gasteiger partial charge in [0.15, 0.2) is 0 Å². The van der Waals surface area contributed by atoms with Gasteiger partial charge in [0, 0.05) is 17.7 Å². The van der Waals surface area contributed by atoms with Crippen LogP contribution in [0.25, 0.3) is 0 Å². The number of benzene rings is 1. The highest BCUT2D eigenvalue weighted by Crippen LogP contribution is 2.17. The zero-order valence-corrected chi connectivity index (χ0v) is 13.2. The Kier molecular flexibility index (Phi) is 8.00. The molecule has 1 atom stereocenters. The molecular formula is C14H18ClNO4S. The minimum atomic E-state index is -1.01. The Labute approximate surface area is 133 Å². The number of hydrogen-bond acceptors (Lipinski definition) is 4. The fourth-order valence-corrected chi connectivity index (χ4v) is 2.57. The van der Waals surface area contributed by atoms with Crippen molar-refractivity contribution in [2.24, 2.45) is 0 Å². The van der Waals surface area contributed by atoms with E-state index in [1.54, 1.807) is 23.9 Å². The third kappa shape index (κ3) is 7.82. The summed E-state index contributed by atoms with van der Waals surface area (Å²) >= 11 is 7.41. The van der Waals surface area contributed by atoms with Crippen molar-refractivity contribution in [1.29, 1.82) is 0 Å². The Morgan fingerprint density at radius 1 is 1.43 bits per heavy atom. The molecule has 21 heavy (non-hydrogen) atoms. The van der Waals surface area contributed by atoms with Gasteiger partial charge in [0.25, 0.3) is 0 Å². The second-order valence-corrected chi connectivity index (χ2v) is 5.96. The summed E-state index contributed by atoms with van der Waals surface area (Å²) < 4.78 is 5.51. The van der Waals surface area contributed by atoms with Crippen LogP contribution in [0.2, 0.25) is 5.02 Å². The molecule has 1 amide bonds. The Morgan fingerprint density at radius 3 is 2.81 bits per heavy atom. The van der Waals surface area contributed by atoms with Crippen LogP contribution < -0.4 is 10.1 Å². The molecule has 1 aromatic carbocycles. The van der Waals surface area contributed by atoms with Gasteiger partial charge in [-0.2, -0.15) is 11.8 Å². The molecule has 0 saturated heterocycles. The molecule has 0 heterocycles. The van der Waals surface area contributed by atoms with E-state index in [1.807, 2.05) is 12.1 Å². The topological polar surface area (TPSA) is 75.6 Å². The number of ether oxygens (including phenoxy) is 1. The average molecular weight is 332 g/mol. The van der Waals surface area contributed by atoms with Crippen molar-refractivity contribution in [1.82, 2.24) is 5.32 Å². The van der Waals surface area contributed by atoms with E-state index in [-0.39, 0.29) is 5.91 Å². The lowest BCUT2D eigenvalue weighted by Crippen LogP contribution is -2.39. The molecule has 7 heteroatoms. The molecule has 0 aliphatic carbocycles. The number of amides is 1. The summed E-state index contributed by atoms with van der Waals surface area (Å²) in [5.41, 5.74) is 0. The highest BCUT2D eigenvalue weighted by atomic mass is 35.5. The molecule has 5 nitrogen and oxygen atoms in total. The van der Waals surface area contributed by atoms with Gasteiger partial charge in [-0.3, -0.25) is 4.79 Å². The molecule has 0 spiro atoms. The van der Waals surface area contributed by atoms with E-state index in [0.717, 1.165) is 5.75 Å². The fourth-order valence-electron chi connectivity index (χ4n) is 1.58. The first-order chi connectivity index (χ1) is 9.99. The van der Waals surface area contributed by atoms with E-state index in [2.05, 4.69) is 5.32 Å². The van der Waals surface area contributed by atoms with Crippen LogP contribution in [-0.4, -0.2) is 41.1 Å². The normalized spacial score (nSPS) is 11.7. The van der Waals surface area contributed by atoms with Crippen LogP contribution >= 0.6 is 23.4 Å². The van der Waals surface area contributed by atoms with E-state index < -0.39 is 12.0 Å². The van der Waals surface area contributed by atoms with Crippen molar-refractivity contribution >= 4 is 35.2 Å². The van der Waals surface area contributed by atoms with E-state index in [4.69, 9.17) is 21.4 Å². The number of carboxylic acid groups (broad SMARTS) is 1. The lowest BCUT2D eigenvalue weighted by Gasteiger charge is -2.12. The van der Waals surface area contributed by atoms with Crippen LogP contribution in [0.4, 0.5) is 0 Å². The zero-order valence-electron chi connectivity index (χ0n) is 11.7. The highest BCUT2D eigenvalue weighted by Gasteiger charge is 2.17. The van der Waals surface area contributed by atoms with Crippen molar-refractivity contribution < 1.29 is 19.4 Å². The number of halogens is 1. The number of carboxylic acids is 1. The Balaban J connectivity index is 2.16. The summed E-state index contributed by atoms with van der Waals surface area (Å²) in [6.07, 6.45) is 0.386. The molecule has 0 fully saturated rings. The van der Waals surface area contributed by atoms with E-state index in [0.29, 0.717) is 29.6 Å². The second kappa shape index (κ2) is 9.52. The van der Waals surface area contributed by atoms with Gasteiger partial charge in [-0.1, -0.05) is 17.7 Å². The lowest BCUT2D eigenvalue weighted by molar-refractivity contribution is -0.141. The van der Waals surface area contributed by atoms with Crippen LogP contribution in [0.3, 0.4) is 0 Å². The van der Waals surface area contributed by atoms with Crippen LogP contribution in [0.5, 0.6) is 5.75 Å². The predicted octanol–water partition coefficient (Wildman–Crippen LogP) is 2.43. The van der Waals surface area contributed by atoms with Crippen LogP contribution in [-0.2, 0) is 9.59 Å². The second-order valence-electron chi connectivity index (χ2n) is 4.30. The van der Waals surface area contributed by atoms with Crippen molar-refractivity contribution in [2.45, 2.75) is 19.4 Å². The van der Waals surface area contributed by atoms with Crippen molar-refractivity contribution in [3.63, 3.8) is 0 Å². The number of hydrogen-bond donors (Lipinski definition) is 2. The van der Waals surface area contributed by atoms with Gasteiger partial charge in [0.1, 0.15) is 11.8 Å². The van der Waals surface area contributed by atoms with Crippen LogP contribution in [0.15, 0.2) is 24.3 Å². The van der Waals surface area contributed by atoms with E-state index >= 15 is 0 Å². The monoisotopic (exact) mass is 331 g/mol. The number of rotatable bonds is 9. The summed E-state index contributed by atoms with van der Waals surface area (Å²) in [4.78, 5) is 21.8. The van der Waals surface area contributed by atoms with Gasteiger partial charge in [0.05, 0.1) is 6.61 Å². The molecule has 1 rings (SSSR count).